The fraction of sp³-hybridized carbons (Fsp3) is 0.429. The Kier molecular flexibility index (Phi) is 6.09. The summed E-state index contributed by atoms with van der Waals surface area (Å²) in [7, 11) is 1.50. The first-order chi connectivity index (χ1) is 9.51. The number of carbonyl (C=O) groups is 2. The van der Waals surface area contributed by atoms with Crippen LogP contribution < -0.4 is 10.6 Å². The molecule has 1 aromatic rings. The standard InChI is InChI=1S/C14H18F2N2O2/c1-3-11-12(15)6-10(7-13(11)16)18-9(8-19)4-5-14(20)17-2/h6-9,18H,3-5H2,1-2H3,(H,17,20). The van der Waals surface area contributed by atoms with Crippen molar-refractivity contribution in [3.63, 3.8) is 0 Å². The third kappa shape index (κ3) is 4.29. The lowest BCUT2D eigenvalue weighted by Gasteiger charge is -2.15. The van der Waals surface area contributed by atoms with Gasteiger partial charge in [0.15, 0.2) is 0 Å². The molecule has 6 heteroatoms. The van der Waals surface area contributed by atoms with Gasteiger partial charge in [0.25, 0.3) is 0 Å². The highest BCUT2D eigenvalue weighted by Gasteiger charge is 2.13. The minimum atomic E-state index is -0.668. The van der Waals surface area contributed by atoms with Crippen LogP contribution in [-0.2, 0) is 16.0 Å². The van der Waals surface area contributed by atoms with Crippen LogP contribution in [0, 0.1) is 11.6 Å². The summed E-state index contributed by atoms with van der Waals surface area (Å²) in [6.07, 6.45) is 1.28. The molecule has 20 heavy (non-hydrogen) atoms. The van der Waals surface area contributed by atoms with Crippen LogP contribution in [-0.4, -0.2) is 25.3 Å². The minimum absolute atomic E-state index is 0.0172. The summed E-state index contributed by atoms with van der Waals surface area (Å²) in [6, 6.07) is 1.63. The van der Waals surface area contributed by atoms with E-state index in [1.54, 1.807) is 6.92 Å². The Morgan fingerprint density at radius 3 is 2.40 bits per heavy atom. The molecule has 1 atom stereocenters. The number of hydrogen-bond acceptors (Lipinski definition) is 3. The van der Waals surface area contributed by atoms with Crippen LogP contribution in [0.5, 0.6) is 0 Å². The smallest absolute Gasteiger partial charge is 0.219 e. The molecule has 0 heterocycles. The molecule has 4 nitrogen and oxygen atoms in total. The van der Waals surface area contributed by atoms with E-state index in [4.69, 9.17) is 0 Å². The zero-order valence-electron chi connectivity index (χ0n) is 11.5. The van der Waals surface area contributed by atoms with E-state index in [0.29, 0.717) is 6.29 Å². The second kappa shape index (κ2) is 7.57. The van der Waals surface area contributed by atoms with E-state index in [0.717, 1.165) is 12.1 Å². The Morgan fingerprint density at radius 2 is 1.95 bits per heavy atom. The Morgan fingerprint density at radius 1 is 1.35 bits per heavy atom. The molecule has 1 aromatic carbocycles. The van der Waals surface area contributed by atoms with E-state index in [1.165, 1.54) is 7.05 Å². The first-order valence-corrected chi connectivity index (χ1v) is 6.42. The van der Waals surface area contributed by atoms with Gasteiger partial charge in [-0.1, -0.05) is 6.92 Å². The lowest BCUT2D eigenvalue weighted by molar-refractivity contribution is -0.120. The molecule has 0 radical (unpaired) electrons. The molecule has 0 saturated heterocycles. The van der Waals surface area contributed by atoms with E-state index in [9.17, 15) is 18.4 Å². The fourth-order valence-corrected chi connectivity index (χ4v) is 1.82. The minimum Gasteiger partial charge on any atom is -0.375 e. The summed E-state index contributed by atoms with van der Waals surface area (Å²) in [5.41, 5.74) is 0.203. The fourth-order valence-electron chi connectivity index (χ4n) is 1.82. The number of hydrogen-bond donors (Lipinski definition) is 2. The van der Waals surface area contributed by atoms with E-state index in [-0.39, 0.29) is 36.4 Å². The van der Waals surface area contributed by atoms with Gasteiger partial charge in [-0.3, -0.25) is 4.79 Å². The van der Waals surface area contributed by atoms with Gasteiger partial charge in [0.1, 0.15) is 17.9 Å². The molecule has 0 aromatic heterocycles. The molecular formula is C14H18F2N2O2. The molecule has 0 saturated carbocycles. The van der Waals surface area contributed by atoms with Gasteiger partial charge in [-0.25, -0.2) is 8.78 Å². The first kappa shape index (κ1) is 16.1. The summed E-state index contributed by atoms with van der Waals surface area (Å²) in [4.78, 5) is 22.0. The van der Waals surface area contributed by atoms with Crippen LogP contribution >= 0.6 is 0 Å². The summed E-state index contributed by atoms with van der Waals surface area (Å²) >= 11 is 0. The molecule has 0 aliphatic carbocycles. The average molecular weight is 284 g/mol. The molecule has 0 aliphatic rings. The maximum Gasteiger partial charge on any atom is 0.219 e. The summed E-state index contributed by atoms with van der Waals surface area (Å²) in [5.74, 6) is -1.49. The number of amides is 1. The van der Waals surface area contributed by atoms with Crippen molar-refractivity contribution in [2.24, 2.45) is 0 Å². The third-order valence-corrected chi connectivity index (χ3v) is 2.97. The summed E-state index contributed by atoms with van der Waals surface area (Å²) in [5, 5.41) is 5.15. The van der Waals surface area contributed by atoms with Crippen LogP contribution in [0.15, 0.2) is 12.1 Å². The number of rotatable bonds is 7. The molecule has 0 fully saturated rings. The van der Waals surface area contributed by atoms with E-state index in [2.05, 4.69) is 10.6 Å². The van der Waals surface area contributed by atoms with Crippen molar-refractivity contribution in [1.29, 1.82) is 0 Å². The molecule has 1 unspecified atom stereocenters. The first-order valence-electron chi connectivity index (χ1n) is 6.42. The summed E-state index contributed by atoms with van der Waals surface area (Å²) in [6.45, 7) is 1.66. The predicted molar refractivity (Wildman–Crippen MR) is 72.5 cm³/mol. The van der Waals surface area contributed by atoms with Gasteiger partial charge >= 0.3 is 0 Å². The number of aldehydes is 1. The van der Waals surface area contributed by atoms with Crippen LogP contribution in [0.25, 0.3) is 0 Å². The Labute approximate surface area is 116 Å². The molecular weight excluding hydrogens is 266 g/mol. The van der Waals surface area contributed by atoms with Crippen molar-refractivity contribution in [2.75, 3.05) is 12.4 Å². The zero-order valence-corrected chi connectivity index (χ0v) is 11.5. The number of carbonyl (C=O) groups excluding carboxylic acids is 2. The van der Waals surface area contributed by atoms with Crippen molar-refractivity contribution in [3.8, 4) is 0 Å². The highest BCUT2D eigenvalue weighted by atomic mass is 19.1. The molecule has 0 aliphatic heterocycles. The largest absolute Gasteiger partial charge is 0.375 e. The van der Waals surface area contributed by atoms with Gasteiger partial charge in [0.2, 0.25) is 5.91 Å². The lowest BCUT2D eigenvalue weighted by atomic mass is 10.1. The Bertz CT molecular complexity index is 469. The maximum atomic E-state index is 13.6. The zero-order chi connectivity index (χ0) is 15.1. The van der Waals surface area contributed by atoms with E-state index >= 15 is 0 Å². The second-order valence-corrected chi connectivity index (χ2v) is 4.37. The molecule has 1 amide bonds. The SMILES string of the molecule is CCc1c(F)cc(NC(C=O)CCC(=O)NC)cc1F. The number of anilines is 1. The molecule has 2 N–H and O–H groups in total. The highest BCUT2D eigenvalue weighted by Crippen LogP contribution is 2.20. The van der Waals surface area contributed by atoms with Crippen LogP contribution in [0.3, 0.4) is 0 Å². The normalized spacial score (nSPS) is 11.8. The van der Waals surface area contributed by atoms with Crippen molar-refractivity contribution >= 4 is 17.9 Å². The Hall–Kier alpha value is -1.98. The van der Waals surface area contributed by atoms with Gasteiger partial charge in [-0.05, 0) is 25.0 Å². The van der Waals surface area contributed by atoms with Gasteiger partial charge in [0, 0.05) is 24.7 Å². The quantitative estimate of drug-likeness (QED) is 0.753. The Balaban J connectivity index is 2.75. The number of halogens is 2. The number of nitrogens with one attached hydrogen (secondary N) is 2. The molecule has 0 spiro atoms. The number of benzene rings is 1. The lowest BCUT2D eigenvalue weighted by Crippen LogP contribution is -2.25. The molecule has 1 rings (SSSR count). The van der Waals surface area contributed by atoms with E-state index in [1.807, 2.05) is 0 Å². The topological polar surface area (TPSA) is 58.2 Å². The monoisotopic (exact) mass is 284 g/mol. The van der Waals surface area contributed by atoms with Gasteiger partial charge in [-0.15, -0.1) is 0 Å². The third-order valence-electron chi connectivity index (χ3n) is 2.97. The maximum absolute atomic E-state index is 13.6. The predicted octanol–water partition coefficient (Wildman–Crippen LogP) is 2.03. The van der Waals surface area contributed by atoms with Crippen LogP contribution in [0.2, 0.25) is 0 Å². The summed E-state index contributed by atoms with van der Waals surface area (Å²) < 4.78 is 27.2. The van der Waals surface area contributed by atoms with Crippen molar-refractivity contribution < 1.29 is 18.4 Å². The van der Waals surface area contributed by atoms with E-state index < -0.39 is 17.7 Å². The molecule has 110 valence electrons. The van der Waals surface area contributed by atoms with Crippen LogP contribution in [0.1, 0.15) is 25.3 Å². The van der Waals surface area contributed by atoms with Crippen LogP contribution in [0.4, 0.5) is 14.5 Å². The average Bonchev–Trinajstić information content (AvgIpc) is 2.42. The highest BCUT2D eigenvalue weighted by molar-refractivity contribution is 5.76. The van der Waals surface area contributed by atoms with Gasteiger partial charge in [-0.2, -0.15) is 0 Å². The van der Waals surface area contributed by atoms with Gasteiger partial charge in [0.05, 0.1) is 6.04 Å². The van der Waals surface area contributed by atoms with Gasteiger partial charge < -0.3 is 15.4 Å². The van der Waals surface area contributed by atoms with Crippen molar-refractivity contribution in [2.45, 2.75) is 32.2 Å². The van der Waals surface area contributed by atoms with Crippen molar-refractivity contribution in [3.05, 3.63) is 29.3 Å². The second-order valence-electron chi connectivity index (χ2n) is 4.37. The van der Waals surface area contributed by atoms with Crippen molar-refractivity contribution in [1.82, 2.24) is 5.32 Å². The molecule has 0 bridgehead atoms.